The van der Waals surface area contributed by atoms with E-state index in [1.807, 2.05) is 0 Å². The summed E-state index contributed by atoms with van der Waals surface area (Å²) >= 11 is 0. The molecule has 1 N–H and O–H groups in total. The van der Waals surface area contributed by atoms with E-state index < -0.39 is 0 Å². The Balaban J connectivity index is 2.13. The Kier molecular flexibility index (Phi) is 3.85. The van der Waals surface area contributed by atoms with Crippen molar-refractivity contribution in [2.24, 2.45) is 5.92 Å². The summed E-state index contributed by atoms with van der Waals surface area (Å²) in [5, 5.41) is 3.43. The highest BCUT2D eigenvalue weighted by Gasteiger charge is 2.21. The van der Waals surface area contributed by atoms with Crippen LogP contribution in [0.3, 0.4) is 0 Å². The highest BCUT2D eigenvalue weighted by atomic mass is 15.1. The van der Waals surface area contributed by atoms with Gasteiger partial charge < -0.3 is 9.88 Å². The lowest BCUT2D eigenvalue weighted by atomic mass is 10.1. The molecule has 1 aromatic carbocycles. The molecular formula is C18H25N3. The molecule has 1 aromatic heterocycles. The van der Waals surface area contributed by atoms with E-state index in [9.17, 15) is 0 Å². The second-order valence-corrected chi connectivity index (χ2v) is 6.55. The Labute approximate surface area is 127 Å². The molecule has 3 heteroatoms. The van der Waals surface area contributed by atoms with Gasteiger partial charge in [0.2, 0.25) is 0 Å². The van der Waals surface area contributed by atoms with Crippen LogP contribution in [0, 0.1) is 19.8 Å². The normalized spacial score (nSPS) is 14.5. The molecule has 0 bridgehead atoms. The van der Waals surface area contributed by atoms with E-state index in [1.54, 1.807) is 0 Å². The molecule has 21 heavy (non-hydrogen) atoms. The van der Waals surface area contributed by atoms with Gasteiger partial charge in [-0.2, -0.15) is 0 Å². The van der Waals surface area contributed by atoms with E-state index in [1.165, 1.54) is 34.0 Å². The molecule has 0 spiro atoms. The van der Waals surface area contributed by atoms with Crippen LogP contribution in [0.1, 0.15) is 42.2 Å². The van der Waals surface area contributed by atoms with Crippen molar-refractivity contribution < 1.29 is 0 Å². The fourth-order valence-electron chi connectivity index (χ4n) is 3.04. The number of benzene rings is 1. The average Bonchev–Trinajstić information content (AvgIpc) is 2.79. The molecule has 0 fully saturated rings. The van der Waals surface area contributed by atoms with Crippen molar-refractivity contribution in [1.29, 1.82) is 0 Å². The molecule has 0 radical (unpaired) electrons. The first kappa shape index (κ1) is 14.3. The number of hydrogen-bond donors (Lipinski definition) is 1. The van der Waals surface area contributed by atoms with Gasteiger partial charge in [0.05, 0.1) is 5.69 Å². The zero-order valence-electron chi connectivity index (χ0n) is 13.5. The minimum Gasteiger partial charge on any atom is -0.311 e. The van der Waals surface area contributed by atoms with Gasteiger partial charge >= 0.3 is 0 Å². The van der Waals surface area contributed by atoms with Crippen LogP contribution in [-0.4, -0.2) is 16.1 Å². The lowest BCUT2D eigenvalue weighted by Gasteiger charge is -2.17. The van der Waals surface area contributed by atoms with Gasteiger partial charge in [-0.1, -0.05) is 19.9 Å². The van der Waals surface area contributed by atoms with Crippen molar-refractivity contribution in [2.75, 3.05) is 6.54 Å². The summed E-state index contributed by atoms with van der Waals surface area (Å²) < 4.78 is 2.41. The number of fused-ring (bicyclic) bond motifs is 1. The highest BCUT2D eigenvalue weighted by molar-refractivity contribution is 5.43. The minimum absolute atomic E-state index is 0.618. The van der Waals surface area contributed by atoms with Crippen molar-refractivity contribution in [3.05, 3.63) is 46.5 Å². The number of aromatic nitrogens is 2. The molecule has 0 amide bonds. The monoisotopic (exact) mass is 283 g/mol. The summed E-state index contributed by atoms with van der Waals surface area (Å²) in [6, 6.07) is 6.75. The van der Waals surface area contributed by atoms with Crippen LogP contribution in [0.5, 0.6) is 0 Å². The summed E-state index contributed by atoms with van der Waals surface area (Å²) in [4.78, 5) is 4.92. The van der Waals surface area contributed by atoms with Crippen LogP contribution in [0.4, 0.5) is 0 Å². The predicted octanol–water partition coefficient (Wildman–Crippen LogP) is 3.33. The Morgan fingerprint density at radius 1 is 1.24 bits per heavy atom. The fourth-order valence-corrected chi connectivity index (χ4v) is 3.04. The Morgan fingerprint density at radius 2 is 2.05 bits per heavy atom. The van der Waals surface area contributed by atoms with Crippen LogP contribution in [0.25, 0.3) is 5.69 Å². The zero-order chi connectivity index (χ0) is 15.0. The summed E-state index contributed by atoms with van der Waals surface area (Å²) in [6.45, 7) is 10.8. The van der Waals surface area contributed by atoms with Gasteiger partial charge in [-0.3, -0.25) is 0 Å². The molecular weight excluding hydrogens is 258 g/mol. The van der Waals surface area contributed by atoms with E-state index >= 15 is 0 Å². The van der Waals surface area contributed by atoms with Crippen LogP contribution < -0.4 is 5.32 Å². The van der Waals surface area contributed by atoms with E-state index in [0.717, 1.165) is 25.9 Å². The topological polar surface area (TPSA) is 29.9 Å². The third-order valence-electron chi connectivity index (χ3n) is 4.30. The SMILES string of the molecule is Cc1ccc(-n2c(CC(C)C)nc3c2CCNC3)cc1C. The van der Waals surface area contributed by atoms with Crippen LogP contribution in [0.2, 0.25) is 0 Å². The summed E-state index contributed by atoms with van der Waals surface area (Å²) in [5.74, 6) is 1.83. The van der Waals surface area contributed by atoms with Crippen molar-refractivity contribution in [2.45, 2.75) is 47.1 Å². The first-order valence-electron chi connectivity index (χ1n) is 7.94. The van der Waals surface area contributed by atoms with Crippen LogP contribution in [-0.2, 0) is 19.4 Å². The molecule has 0 saturated heterocycles. The van der Waals surface area contributed by atoms with Gasteiger partial charge in [0, 0.05) is 37.3 Å². The number of hydrogen-bond acceptors (Lipinski definition) is 2. The standard InChI is InChI=1S/C18H25N3/c1-12(2)9-18-20-16-11-19-8-7-17(16)21(18)15-6-5-13(3)14(4)10-15/h5-6,10,12,19H,7-9,11H2,1-4H3. The zero-order valence-corrected chi connectivity index (χ0v) is 13.5. The maximum atomic E-state index is 4.92. The van der Waals surface area contributed by atoms with Gasteiger partial charge in [-0.15, -0.1) is 0 Å². The molecule has 0 aliphatic carbocycles. The van der Waals surface area contributed by atoms with Crippen molar-refractivity contribution >= 4 is 0 Å². The maximum Gasteiger partial charge on any atom is 0.114 e. The van der Waals surface area contributed by atoms with Crippen molar-refractivity contribution in [3.63, 3.8) is 0 Å². The van der Waals surface area contributed by atoms with E-state index in [4.69, 9.17) is 4.98 Å². The quantitative estimate of drug-likeness (QED) is 0.936. The summed E-state index contributed by atoms with van der Waals surface area (Å²) in [5.41, 5.74) is 6.59. The Bertz CT molecular complexity index is 653. The second-order valence-electron chi connectivity index (χ2n) is 6.55. The van der Waals surface area contributed by atoms with E-state index in [2.05, 4.69) is 55.8 Å². The Morgan fingerprint density at radius 3 is 2.76 bits per heavy atom. The van der Waals surface area contributed by atoms with Crippen LogP contribution >= 0.6 is 0 Å². The molecule has 1 aliphatic heterocycles. The number of rotatable bonds is 3. The largest absolute Gasteiger partial charge is 0.311 e. The summed E-state index contributed by atoms with van der Waals surface area (Å²) in [7, 11) is 0. The molecule has 2 aromatic rings. The van der Waals surface area contributed by atoms with Crippen molar-refractivity contribution in [3.8, 4) is 5.69 Å². The molecule has 112 valence electrons. The number of aryl methyl sites for hydroxylation is 2. The molecule has 0 unspecified atom stereocenters. The Hall–Kier alpha value is -1.61. The third kappa shape index (κ3) is 2.75. The summed E-state index contributed by atoms with van der Waals surface area (Å²) in [6.07, 6.45) is 2.09. The number of nitrogens with one attached hydrogen (secondary N) is 1. The van der Waals surface area contributed by atoms with Crippen LogP contribution in [0.15, 0.2) is 18.2 Å². The molecule has 0 atom stereocenters. The fraction of sp³-hybridized carbons (Fsp3) is 0.500. The molecule has 3 rings (SSSR count). The highest BCUT2D eigenvalue weighted by Crippen LogP contribution is 2.24. The van der Waals surface area contributed by atoms with Gasteiger partial charge in [0.25, 0.3) is 0 Å². The third-order valence-corrected chi connectivity index (χ3v) is 4.30. The average molecular weight is 283 g/mol. The number of imidazole rings is 1. The van der Waals surface area contributed by atoms with Gasteiger partial charge in [-0.25, -0.2) is 4.98 Å². The maximum absolute atomic E-state index is 4.92. The minimum atomic E-state index is 0.618. The smallest absolute Gasteiger partial charge is 0.114 e. The van der Waals surface area contributed by atoms with E-state index in [-0.39, 0.29) is 0 Å². The first-order chi connectivity index (χ1) is 10.1. The van der Waals surface area contributed by atoms with Gasteiger partial charge in [-0.05, 0) is 43.0 Å². The first-order valence-corrected chi connectivity index (χ1v) is 7.94. The molecule has 1 aliphatic rings. The molecule has 0 saturated carbocycles. The van der Waals surface area contributed by atoms with Gasteiger partial charge in [0.1, 0.15) is 5.82 Å². The number of nitrogens with zero attached hydrogens (tertiary/aromatic N) is 2. The van der Waals surface area contributed by atoms with Gasteiger partial charge in [0.15, 0.2) is 0 Å². The molecule has 2 heterocycles. The lowest BCUT2D eigenvalue weighted by Crippen LogP contribution is -2.24. The van der Waals surface area contributed by atoms with E-state index in [0.29, 0.717) is 5.92 Å². The predicted molar refractivity (Wildman–Crippen MR) is 87.0 cm³/mol. The second kappa shape index (κ2) is 5.64. The molecule has 3 nitrogen and oxygen atoms in total. The van der Waals surface area contributed by atoms with Crippen molar-refractivity contribution in [1.82, 2.24) is 14.9 Å². The lowest BCUT2D eigenvalue weighted by molar-refractivity contribution is 0.608.